The first-order chi connectivity index (χ1) is 25.1. The second-order valence-electron chi connectivity index (χ2n) is 26.6. The molecule has 0 fully saturated rings. The average molecular weight is 1040 g/mol. The molecule has 0 amide bonds. The van der Waals surface area contributed by atoms with Crippen molar-refractivity contribution in [1.82, 2.24) is 9.80 Å². The normalized spacial score (nSPS) is 14.0. The Labute approximate surface area is 415 Å². The summed E-state index contributed by atoms with van der Waals surface area (Å²) in [6.45, 7) is 61.3. The van der Waals surface area contributed by atoms with Crippen molar-refractivity contribution in [2.45, 2.75) is 225 Å². The van der Waals surface area contributed by atoms with Crippen LogP contribution >= 0.6 is 0 Å². The Morgan fingerprint density at radius 1 is 0.468 bits per heavy atom. The van der Waals surface area contributed by atoms with Crippen molar-refractivity contribution in [3.63, 3.8) is 0 Å². The van der Waals surface area contributed by atoms with Gasteiger partial charge in [-0.2, -0.15) is 0 Å². The van der Waals surface area contributed by atoms with Crippen LogP contribution in [0.1, 0.15) is 124 Å². The van der Waals surface area contributed by atoms with E-state index in [1.165, 1.54) is 0 Å². The average Bonchev–Trinajstić information content (AvgIpc) is 2.80. The molecule has 0 aromatic carbocycles. The van der Waals surface area contributed by atoms with Gasteiger partial charge in [0.1, 0.15) is 11.6 Å². The zero-order chi connectivity index (χ0) is 49.4. The first-order valence-electron chi connectivity index (χ1n) is 22.0. The summed E-state index contributed by atoms with van der Waals surface area (Å²) in [4.78, 5) is 37.2. The van der Waals surface area contributed by atoms with E-state index >= 15 is 0 Å². The number of hydrogen-bond acceptors (Lipinski definition) is 6. The molecule has 2 atom stereocenters. The fourth-order valence-corrected chi connectivity index (χ4v) is 17.9. The summed E-state index contributed by atoms with van der Waals surface area (Å²) >= 11 is 0. The largest absolute Gasteiger partial charge is 3.00 e. The topological polar surface area (TPSA) is 123 Å². The van der Waals surface area contributed by atoms with Gasteiger partial charge in [-0.25, -0.2) is 0 Å². The minimum atomic E-state index is -1.26. The van der Waals surface area contributed by atoms with Crippen molar-refractivity contribution < 1.29 is 53.4 Å². The van der Waals surface area contributed by atoms with Crippen LogP contribution in [0, 0.1) is 29.1 Å². The zero-order valence-corrected chi connectivity index (χ0v) is 53.7. The van der Waals surface area contributed by atoms with Crippen molar-refractivity contribution in [1.29, 1.82) is 0 Å². The molecule has 0 radical (unpaired) electrons. The summed E-state index contributed by atoms with van der Waals surface area (Å²) in [5, 5.41) is 19.5. The Hall–Kier alpha value is 0.941. The van der Waals surface area contributed by atoms with E-state index in [1.807, 2.05) is 83.1 Å². The van der Waals surface area contributed by atoms with Gasteiger partial charge in [0.2, 0.25) is 0 Å². The monoisotopic (exact) mass is 1040 g/mol. The molecule has 0 aliphatic heterocycles. The Balaban J connectivity index is -0.0000000973. The summed E-state index contributed by atoms with van der Waals surface area (Å²) in [5.74, 6) is 0.0415. The molecule has 62 heavy (non-hydrogen) atoms. The molecule has 0 aromatic heterocycles. The number of aliphatic hydroxyl groups excluding tert-OH is 2. The van der Waals surface area contributed by atoms with Crippen LogP contribution in [-0.4, -0.2) is 129 Å². The molecular formula is C47H111Co2N5O4Si4+2. The summed E-state index contributed by atoms with van der Waals surface area (Å²) in [6.07, 6.45) is -0.372. The van der Waals surface area contributed by atoms with Gasteiger partial charge in [-0.3, -0.25) is 9.59 Å². The SMILES string of the molecule is CC(C)(C)C(=O)CC(=O)C(C)(C)C.CC(C)(C)C(O)CC(O)C(C)(C)C.CN(C)CC(C)(C)[N-][Si](C)(C)C.CN(C)CC(C)(C)[N-][Si](C)(C)C.C[Si](C)(C)[N-][Si](C)(C)C.[CH3-].[Co+3].[Co+3]. The number of carbonyl (C=O) groups is 2. The van der Waals surface area contributed by atoms with E-state index in [1.54, 1.807) is 0 Å². The maximum absolute atomic E-state index is 11.5. The van der Waals surface area contributed by atoms with Crippen LogP contribution in [0.25, 0.3) is 14.6 Å². The van der Waals surface area contributed by atoms with E-state index < -0.39 is 56.0 Å². The molecule has 0 rings (SSSR count). The molecule has 15 heteroatoms. The number of aliphatic hydroxyl groups is 2. The molecule has 0 aliphatic rings. The van der Waals surface area contributed by atoms with Crippen LogP contribution in [0.15, 0.2) is 0 Å². The third-order valence-electron chi connectivity index (χ3n) is 7.79. The van der Waals surface area contributed by atoms with Crippen LogP contribution < -0.4 is 0 Å². The summed E-state index contributed by atoms with van der Waals surface area (Å²) in [5.41, 5.74) is -0.859. The predicted molar refractivity (Wildman–Crippen MR) is 284 cm³/mol. The van der Waals surface area contributed by atoms with Crippen LogP contribution in [0.5, 0.6) is 0 Å². The van der Waals surface area contributed by atoms with Gasteiger partial charge in [0.25, 0.3) is 0 Å². The number of carbonyl (C=O) groups excluding carboxylic acids is 2. The van der Waals surface area contributed by atoms with Gasteiger partial charge >= 0.3 is 33.6 Å². The van der Waals surface area contributed by atoms with Crippen LogP contribution in [0.4, 0.5) is 0 Å². The number of hydrogen-bond donors (Lipinski definition) is 2. The predicted octanol–water partition coefficient (Wildman–Crippen LogP) is 13.3. The smallest absolute Gasteiger partial charge is 0.668 e. The van der Waals surface area contributed by atoms with Crippen molar-refractivity contribution in [2.75, 3.05) is 41.3 Å². The molecule has 2 N–H and O–H groups in total. The fraction of sp³-hybridized carbons (Fsp3) is 0.936. The van der Waals surface area contributed by atoms with Gasteiger partial charge < -0.3 is 42.1 Å². The maximum atomic E-state index is 11.5. The Morgan fingerprint density at radius 3 is 0.790 bits per heavy atom. The van der Waals surface area contributed by atoms with E-state index in [0.29, 0.717) is 6.42 Å². The molecule has 0 heterocycles. The van der Waals surface area contributed by atoms with Crippen LogP contribution in [0.2, 0.25) is 78.6 Å². The van der Waals surface area contributed by atoms with Crippen molar-refractivity contribution in [2.24, 2.45) is 21.7 Å². The third-order valence-corrected chi connectivity index (χ3v) is 15.7. The number of nitrogens with zero attached hydrogens (tertiary/aromatic N) is 5. The quantitative estimate of drug-likeness (QED) is 0.101. The molecule has 0 saturated carbocycles. The number of rotatable bonds is 14. The van der Waals surface area contributed by atoms with Gasteiger partial charge in [-0.05, 0) is 52.1 Å². The third kappa shape index (κ3) is 59.0. The molecule has 2 unspecified atom stereocenters. The molecule has 9 nitrogen and oxygen atoms in total. The molecule has 0 aromatic rings. The van der Waals surface area contributed by atoms with E-state index in [0.717, 1.165) is 13.1 Å². The molecule has 0 spiro atoms. The molecule has 0 aliphatic carbocycles. The standard InChI is InChI=1S/C11H24O2.C11H20O2.2C9H23N2Si.C6H18NSi2.CH3.2Co/c2*1-10(2,3)8(12)7-9(13)11(4,5)6;2*1-9(2,8-11(3)4)10-12(5,6)7;1-8(2,3)7-9(4,5)6;;;/h8-9,12-13H,7H2,1-6H3;7H2,1-6H3;2*8H2,1-7H3;1-6H3;1H3;;/q;;4*-1;2*+3. The van der Waals surface area contributed by atoms with Crippen molar-refractivity contribution in [3.05, 3.63) is 22.0 Å². The number of likely N-dealkylation sites (N-methyl/N-ethyl adjacent to an activating group) is 2. The van der Waals surface area contributed by atoms with Gasteiger partial charge in [0, 0.05) is 17.3 Å². The van der Waals surface area contributed by atoms with Gasteiger partial charge in [0.05, 0.1) is 18.6 Å². The molecule has 0 saturated heterocycles. The van der Waals surface area contributed by atoms with E-state index in [-0.39, 0.29) is 80.9 Å². The summed E-state index contributed by atoms with van der Waals surface area (Å²) < 4.78 is 4.82. The summed E-state index contributed by atoms with van der Waals surface area (Å²) in [7, 11) is 3.66. The number of Topliss-reactive ketones (excluding diaryl/α,β-unsaturated/α-hetero) is 2. The van der Waals surface area contributed by atoms with E-state index in [9.17, 15) is 19.8 Å². The van der Waals surface area contributed by atoms with Gasteiger partial charge in [-0.1, -0.05) is 222 Å². The molecule has 380 valence electrons. The van der Waals surface area contributed by atoms with E-state index in [2.05, 4.69) is 144 Å². The number of ketones is 2. The van der Waals surface area contributed by atoms with Gasteiger partial charge in [0.15, 0.2) is 0 Å². The second kappa shape index (κ2) is 31.1. The minimum absolute atomic E-state index is 0. The van der Waals surface area contributed by atoms with Gasteiger partial charge in [-0.15, -0.1) is 11.1 Å². The van der Waals surface area contributed by atoms with E-state index in [4.69, 9.17) is 14.6 Å². The fourth-order valence-electron chi connectivity index (χ4n) is 6.04. The Kier molecular flexibility index (Phi) is 40.2. The van der Waals surface area contributed by atoms with Crippen LogP contribution in [-0.2, 0) is 43.1 Å². The maximum Gasteiger partial charge on any atom is 3.00 e. The zero-order valence-electron chi connectivity index (χ0n) is 47.6. The Morgan fingerprint density at radius 2 is 0.677 bits per heavy atom. The minimum Gasteiger partial charge on any atom is -0.668 e. The van der Waals surface area contributed by atoms with Crippen molar-refractivity contribution in [3.8, 4) is 0 Å². The van der Waals surface area contributed by atoms with Crippen molar-refractivity contribution >= 4 is 44.5 Å². The molecule has 0 bridgehead atoms. The van der Waals surface area contributed by atoms with Crippen LogP contribution in [0.3, 0.4) is 0 Å². The summed E-state index contributed by atoms with van der Waals surface area (Å²) in [6, 6.07) is 0. The second-order valence-corrected chi connectivity index (χ2v) is 45.3. The first kappa shape index (κ1) is 80.0. The first-order valence-corrected chi connectivity index (χ1v) is 35.8. The Bertz CT molecular complexity index is 1080. The molecular weight excluding hydrogens is 929 g/mol.